The number of aliphatic carboxylic acids is 1. The Kier molecular flexibility index (Phi) is 21.0. The molecule has 0 spiro atoms. The second-order valence-electron chi connectivity index (χ2n) is 20.4. The van der Waals surface area contributed by atoms with E-state index in [1.165, 1.54) is 31.9 Å². The monoisotopic (exact) mass is 1350 g/mol. The van der Waals surface area contributed by atoms with Gasteiger partial charge >= 0.3 is 24.1 Å². The zero-order chi connectivity index (χ0) is 64.7. The Hall–Kier alpha value is -11.0. The summed E-state index contributed by atoms with van der Waals surface area (Å²) in [6, 6.07) is 28.0. The molecule has 90 heavy (non-hydrogen) atoms. The Bertz CT molecular complexity index is 4140. The summed E-state index contributed by atoms with van der Waals surface area (Å²) in [5.74, 6) is 0.823. The van der Waals surface area contributed by atoms with E-state index in [1.807, 2.05) is 83.8 Å². The van der Waals surface area contributed by atoms with Crippen LogP contribution in [0, 0.1) is 0 Å². The van der Waals surface area contributed by atoms with Crippen LogP contribution in [0.1, 0.15) is 58.5 Å². The average Bonchev–Trinajstić information content (AvgIpc) is 1.88. The number of esters is 1. The molecule has 30 nitrogen and oxygen atoms in total. The third-order valence-corrected chi connectivity index (χ3v) is 12.3. The summed E-state index contributed by atoms with van der Waals surface area (Å²) in [4.78, 5) is 83.3. The fourth-order valence-electron chi connectivity index (χ4n) is 7.49. The van der Waals surface area contributed by atoms with Crippen molar-refractivity contribution in [1.82, 2.24) is 70.5 Å². The Morgan fingerprint density at radius 3 is 1.41 bits per heavy atom. The summed E-state index contributed by atoms with van der Waals surface area (Å²) in [7, 11) is 1.26. The van der Waals surface area contributed by atoms with E-state index in [1.54, 1.807) is 65.9 Å². The van der Waals surface area contributed by atoms with Crippen molar-refractivity contribution < 1.29 is 51.7 Å². The first-order valence-electron chi connectivity index (χ1n) is 26.6. The van der Waals surface area contributed by atoms with Gasteiger partial charge in [-0.15, -0.1) is 30.6 Å². The number of carbonyl (C=O) groups is 4. The molecule has 0 aliphatic carbocycles. The highest BCUT2D eigenvalue weighted by atomic mass is 79.9. The number of carboxylic acid groups (broad SMARTS) is 1. The van der Waals surface area contributed by atoms with Crippen molar-refractivity contribution >= 4 is 85.1 Å². The van der Waals surface area contributed by atoms with Crippen LogP contribution in [0.25, 0.3) is 69.1 Å². The SMILES string of the molecule is CC(C)(C)OC(=O)N(C(=O)OC(C)(C)C)c1ncc(Br)nc1-c1nnc(-c2ccccc2)o1.COC(=O)c1nccnc1N.Nc1ncc(Br)nc1-c1nnc(-c2ccccc2)o1.Nc1ncc(N2CC=C(C(=O)O)CC2)nc1-c1nnc(-c2ccccc2)o1. The summed E-state index contributed by atoms with van der Waals surface area (Å²) < 4.78 is 33.2. The van der Waals surface area contributed by atoms with Crippen LogP contribution in [0.4, 0.5) is 38.7 Å². The van der Waals surface area contributed by atoms with Crippen LogP contribution >= 0.6 is 31.9 Å². The van der Waals surface area contributed by atoms with Crippen LogP contribution in [-0.4, -0.2) is 131 Å². The first-order chi connectivity index (χ1) is 42.9. The van der Waals surface area contributed by atoms with Crippen molar-refractivity contribution in [2.45, 2.75) is 59.2 Å². The molecule has 1 aliphatic heterocycles. The molecule has 3 aromatic carbocycles. The van der Waals surface area contributed by atoms with Gasteiger partial charge in [0.2, 0.25) is 17.7 Å². The number of rotatable bonds is 10. The lowest BCUT2D eigenvalue weighted by Gasteiger charge is -2.28. The molecule has 7 aromatic heterocycles. The number of carbonyl (C=O) groups excluding carboxylic acids is 3. The van der Waals surface area contributed by atoms with Crippen LogP contribution in [0.3, 0.4) is 0 Å². The number of hydrogen-bond acceptors (Lipinski definition) is 28. The molecule has 2 amide bonds. The lowest BCUT2D eigenvalue weighted by molar-refractivity contribution is -0.132. The van der Waals surface area contributed by atoms with Gasteiger partial charge < -0.3 is 54.7 Å². The van der Waals surface area contributed by atoms with Crippen molar-refractivity contribution in [2.24, 2.45) is 0 Å². The van der Waals surface area contributed by atoms with E-state index in [-0.39, 0.29) is 58.2 Å². The summed E-state index contributed by atoms with van der Waals surface area (Å²) in [5, 5.41) is 33.2. The average molecular weight is 1350 g/mol. The van der Waals surface area contributed by atoms with Crippen LogP contribution in [-0.2, 0) is 19.0 Å². The molecule has 0 radical (unpaired) electrons. The molecule has 32 heteroatoms. The molecule has 462 valence electrons. The van der Waals surface area contributed by atoms with Gasteiger partial charge in [-0.3, -0.25) is 0 Å². The summed E-state index contributed by atoms with van der Waals surface area (Å²) in [5.41, 5.74) is 18.7. The molecule has 0 bridgehead atoms. The minimum atomic E-state index is -0.988. The van der Waals surface area contributed by atoms with Gasteiger partial charge in [0.1, 0.15) is 26.2 Å². The lowest BCUT2D eigenvalue weighted by Crippen LogP contribution is -2.44. The van der Waals surface area contributed by atoms with Crippen LogP contribution < -0.4 is 27.0 Å². The quantitative estimate of drug-likeness (QED) is 0.0730. The number of anilines is 5. The third kappa shape index (κ3) is 17.4. The van der Waals surface area contributed by atoms with Gasteiger partial charge in [-0.1, -0.05) is 60.7 Å². The largest absolute Gasteiger partial charge is 0.478 e. The predicted octanol–water partition coefficient (Wildman–Crippen LogP) is 10.0. The number of benzene rings is 3. The molecular weight excluding hydrogens is 1300 g/mol. The van der Waals surface area contributed by atoms with Crippen LogP contribution in [0.2, 0.25) is 0 Å². The third-order valence-electron chi connectivity index (χ3n) is 11.5. The van der Waals surface area contributed by atoms with Gasteiger partial charge in [-0.2, -0.15) is 4.90 Å². The first kappa shape index (κ1) is 65.0. The van der Waals surface area contributed by atoms with E-state index in [0.29, 0.717) is 73.7 Å². The zero-order valence-electron chi connectivity index (χ0n) is 48.9. The topological polar surface area (TPSA) is 421 Å². The van der Waals surface area contributed by atoms with Crippen molar-refractivity contribution in [3.8, 4) is 69.1 Å². The Labute approximate surface area is 528 Å². The Morgan fingerprint density at radius 1 is 0.556 bits per heavy atom. The predicted molar refractivity (Wildman–Crippen MR) is 332 cm³/mol. The maximum atomic E-state index is 13.0. The number of nitrogen functional groups attached to an aromatic ring is 3. The van der Waals surface area contributed by atoms with Gasteiger partial charge in [-0.05, 0) is 116 Å². The van der Waals surface area contributed by atoms with E-state index in [2.05, 4.69) is 107 Å². The molecule has 0 unspecified atom stereocenters. The van der Waals surface area contributed by atoms with Crippen molar-refractivity contribution in [1.29, 1.82) is 0 Å². The zero-order valence-corrected chi connectivity index (χ0v) is 52.1. The number of ether oxygens (including phenoxy) is 3. The number of halogens is 2. The van der Waals surface area contributed by atoms with Crippen molar-refractivity contribution in [3.63, 3.8) is 0 Å². The van der Waals surface area contributed by atoms with E-state index in [0.717, 1.165) is 11.1 Å². The number of carboxylic acids is 1. The number of hydrogen-bond donors (Lipinski definition) is 4. The Morgan fingerprint density at radius 2 is 0.978 bits per heavy atom. The highest BCUT2D eigenvalue weighted by Crippen LogP contribution is 2.33. The minimum Gasteiger partial charge on any atom is -0.478 e. The standard InChI is InChI=1S/C22H24BrN5O5.C18H16N6O3.C12H8BrN5O.C6H7N3O2/c1-21(2,3)32-19(29)28(20(30)33-22(4,5)6)16-15(25-14(23)12-24-16)18-27-26-17(31-18)13-10-8-7-9-11-13;19-15-14(17-23-22-16(27-17)11-4-2-1-3-5-11)21-13(10-20-15)24-8-6-12(7-9-24)18(25)26;13-8-6-15-10(14)9(16-8)12-18-17-11(19-12)7-4-2-1-3-5-7;1-11-6(10)4-5(7)9-3-2-8-4/h7-12H,1-6H3;1-6,10H,7-9H2,(H2,19,20)(H,25,26);1-6H,(H2,14,15);2-3H,1H3,(H2,7,9). The lowest BCUT2D eigenvalue weighted by atomic mass is 10.1. The van der Waals surface area contributed by atoms with E-state index < -0.39 is 35.3 Å². The molecule has 10 aromatic rings. The number of nitrogens with two attached hydrogens (primary N) is 3. The second kappa shape index (κ2) is 29.1. The maximum Gasteiger partial charge on any atom is 0.425 e. The number of imide groups is 1. The number of nitrogens with zero attached hydrogens (tertiary/aromatic N) is 16. The molecule has 0 saturated heterocycles. The second-order valence-corrected chi connectivity index (χ2v) is 22.0. The molecule has 1 aliphatic rings. The molecule has 0 atom stereocenters. The molecule has 11 rings (SSSR count). The smallest absolute Gasteiger partial charge is 0.425 e. The van der Waals surface area contributed by atoms with Gasteiger partial charge in [0, 0.05) is 47.7 Å². The molecule has 0 saturated carbocycles. The van der Waals surface area contributed by atoms with Gasteiger partial charge in [0.25, 0.3) is 17.7 Å². The molecule has 0 fully saturated rings. The van der Waals surface area contributed by atoms with Crippen LogP contribution in [0.15, 0.2) is 156 Å². The van der Waals surface area contributed by atoms with E-state index in [4.69, 9.17) is 45.0 Å². The van der Waals surface area contributed by atoms with Crippen molar-refractivity contribution in [2.75, 3.05) is 47.2 Å². The molecule has 8 heterocycles. The summed E-state index contributed by atoms with van der Waals surface area (Å²) in [6.45, 7) is 11.0. The van der Waals surface area contributed by atoms with E-state index in [9.17, 15) is 19.2 Å². The molecular formula is C58H55Br2N19O11. The number of aromatic nitrogens is 14. The highest BCUT2D eigenvalue weighted by Gasteiger charge is 2.37. The maximum absolute atomic E-state index is 13.0. The highest BCUT2D eigenvalue weighted by molar-refractivity contribution is 9.10. The van der Waals surface area contributed by atoms with Gasteiger partial charge in [0.15, 0.2) is 46.0 Å². The van der Waals surface area contributed by atoms with E-state index >= 15 is 0 Å². The minimum absolute atomic E-state index is 0.00391. The van der Waals surface area contributed by atoms with Gasteiger partial charge in [-0.25, -0.2) is 59.0 Å². The normalized spacial score (nSPS) is 11.9. The Balaban J connectivity index is 0.000000164. The fraction of sp³-hybridized carbons (Fsp3) is 0.207. The van der Waals surface area contributed by atoms with Gasteiger partial charge in [0.05, 0.1) is 25.7 Å². The number of amides is 2. The summed E-state index contributed by atoms with van der Waals surface area (Å²) >= 11 is 6.48. The summed E-state index contributed by atoms with van der Waals surface area (Å²) in [6.07, 6.45) is 7.29. The first-order valence-corrected chi connectivity index (χ1v) is 28.2. The van der Waals surface area contributed by atoms with Crippen molar-refractivity contribution in [3.05, 3.63) is 149 Å². The molecule has 7 N–H and O–H groups in total. The number of methoxy groups -OCH3 is 1. The van der Waals surface area contributed by atoms with Crippen LogP contribution in [0.5, 0.6) is 0 Å². The fourth-order valence-corrected chi connectivity index (χ4v) is 8.05.